The minimum absolute atomic E-state index is 0.159. The van der Waals surface area contributed by atoms with Gasteiger partial charge in [-0.05, 0) is 56.8 Å². The first-order valence-electron chi connectivity index (χ1n) is 4.63. The molecule has 0 radical (unpaired) electrons. The largest absolute Gasteiger partial charge is 0.312 e. The summed E-state index contributed by atoms with van der Waals surface area (Å²) in [6.07, 6.45) is 6.60. The van der Waals surface area contributed by atoms with E-state index < -0.39 is 0 Å². The van der Waals surface area contributed by atoms with E-state index in [1.807, 2.05) is 0 Å². The molecule has 2 heteroatoms. The monoisotopic (exact) mass is 172 g/mol. The van der Waals surface area contributed by atoms with E-state index in [0.29, 0.717) is 0 Å². The second kappa shape index (κ2) is 2.67. The Morgan fingerprint density at radius 1 is 1.55 bits per heavy atom. The minimum Gasteiger partial charge on any atom is -0.312 e. The summed E-state index contributed by atoms with van der Waals surface area (Å²) in [6, 6.07) is 0. The molecule has 64 valence electrons. The number of fused-ring (bicyclic) bond motifs is 2. The van der Waals surface area contributed by atoms with Crippen molar-refractivity contribution in [3.8, 4) is 0 Å². The lowest BCUT2D eigenvalue weighted by Crippen LogP contribution is -2.35. The zero-order valence-corrected chi connectivity index (χ0v) is 7.94. The Bertz CT molecular complexity index is 154. The standard InChI is InChI=1S/C9H16OS/c1-2-9(10-11)6-7-3-4-8(9)5-7/h7-8,11H,2-6H2,1H3. The van der Waals surface area contributed by atoms with Gasteiger partial charge in [-0.1, -0.05) is 6.92 Å². The summed E-state index contributed by atoms with van der Waals surface area (Å²) < 4.78 is 5.38. The van der Waals surface area contributed by atoms with Crippen LogP contribution in [0.4, 0.5) is 0 Å². The predicted octanol–water partition coefficient (Wildman–Crippen LogP) is 2.82. The minimum atomic E-state index is 0.159. The molecule has 2 rings (SSSR count). The van der Waals surface area contributed by atoms with Crippen LogP contribution in [0, 0.1) is 11.8 Å². The van der Waals surface area contributed by atoms with Crippen molar-refractivity contribution < 1.29 is 4.18 Å². The average molecular weight is 172 g/mol. The van der Waals surface area contributed by atoms with Gasteiger partial charge < -0.3 is 4.18 Å². The molecule has 0 aromatic rings. The number of hydrogen-bond acceptors (Lipinski definition) is 2. The van der Waals surface area contributed by atoms with E-state index in [1.54, 1.807) is 0 Å². The fourth-order valence-electron chi connectivity index (χ4n) is 3.00. The van der Waals surface area contributed by atoms with E-state index in [2.05, 4.69) is 19.8 Å². The number of hydrogen-bond donors (Lipinski definition) is 1. The van der Waals surface area contributed by atoms with Crippen molar-refractivity contribution in [2.24, 2.45) is 11.8 Å². The molecule has 2 aliphatic carbocycles. The lowest BCUT2D eigenvalue weighted by atomic mass is 9.82. The molecule has 2 bridgehead atoms. The van der Waals surface area contributed by atoms with Gasteiger partial charge in [-0.2, -0.15) is 0 Å². The van der Waals surface area contributed by atoms with Gasteiger partial charge in [0.05, 0.1) is 5.60 Å². The molecule has 3 atom stereocenters. The van der Waals surface area contributed by atoms with Gasteiger partial charge in [-0.3, -0.25) is 0 Å². The molecule has 0 heterocycles. The fourth-order valence-corrected chi connectivity index (χ4v) is 3.36. The van der Waals surface area contributed by atoms with E-state index in [4.69, 9.17) is 4.18 Å². The van der Waals surface area contributed by atoms with Crippen molar-refractivity contribution >= 4 is 12.9 Å². The first kappa shape index (κ1) is 7.93. The zero-order chi connectivity index (χ0) is 7.90. The summed E-state index contributed by atoms with van der Waals surface area (Å²) in [6.45, 7) is 2.22. The molecule has 3 unspecified atom stereocenters. The molecule has 0 spiro atoms. The van der Waals surface area contributed by atoms with E-state index >= 15 is 0 Å². The van der Waals surface area contributed by atoms with Crippen LogP contribution in [0.2, 0.25) is 0 Å². The van der Waals surface area contributed by atoms with E-state index in [-0.39, 0.29) is 5.60 Å². The topological polar surface area (TPSA) is 9.23 Å². The predicted molar refractivity (Wildman–Crippen MR) is 48.5 cm³/mol. The van der Waals surface area contributed by atoms with Crippen molar-refractivity contribution in [2.45, 2.75) is 44.6 Å². The molecule has 0 saturated heterocycles. The summed E-state index contributed by atoms with van der Waals surface area (Å²) in [4.78, 5) is 0. The molecule has 2 fully saturated rings. The van der Waals surface area contributed by atoms with Crippen LogP contribution in [0.25, 0.3) is 0 Å². The van der Waals surface area contributed by atoms with Gasteiger partial charge in [-0.25, -0.2) is 0 Å². The summed E-state index contributed by atoms with van der Waals surface area (Å²) in [5.74, 6) is 1.77. The summed E-state index contributed by atoms with van der Waals surface area (Å²) in [7, 11) is 0. The molecule has 0 amide bonds. The van der Waals surface area contributed by atoms with Crippen molar-refractivity contribution in [3.63, 3.8) is 0 Å². The van der Waals surface area contributed by atoms with Crippen LogP contribution in [-0.2, 0) is 4.18 Å². The van der Waals surface area contributed by atoms with Crippen LogP contribution < -0.4 is 0 Å². The second-order valence-corrected chi connectivity index (χ2v) is 4.27. The Balaban J connectivity index is 2.14. The van der Waals surface area contributed by atoms with Gasteiger partial charge >= 0.3 is 0 Å². The van der Waals surface area contributed by atoms with E-state index in [9.17, 15) is 0 Å². The van der Waals surface area contributed by atoms with Crippen LogP contribution in [0.5, 0.6) is 0 Å². The lowest BCUT2D eigenvalue weighted by molar-refractivity contribution is 0.0324. The highest BCUT2D eigenvalue weighted by atomic mass is 32.1. The Labute approximate surface area is 74.1 Å². The molecule has 1 nitrogen and oxygen atoms in total. The highest BCUT2D eigenvalue weighted by molar-refractivity contribution is 7.75. The van der Waals surface area contributed by atoms with E-state index in [0.717, 1.165) is 18.3 Å². The van der Waals surface area contributed by atoms with Gasteiger partial charge in [0.2, 0.25) is 0 Å². The quantitative estimate of drug-likeness (QED) is 0.498. The maximum atomic E-state index is 5.38. The highest BCUT2D eigenvalue weighted by Crippen LogP contribution is 2.54. The Hall–Kier alpha value is 0.310. The summed E-state index contributed by atoms with van der Waals surface area (Å²) >= 11 is 4.02. The molecule has 0 aromatic heterocycles. The van der Waals surface area contributed by atoms with Gasteiger partial charge in [0.15, 0.2) is 0 Å². The van der Waals surface area contributed by atoms with Crippen LogP contribution in [0.3, 0.4) is 0 Å². The van der Waals surface area contributed by atoms with Gasteiger partial charge in [0.25, 0.3) is 0 Å². The molecule has 0 aliphatic heterocycles. The fraction of sp³-hybridized carbons (Fsp3) is 1.00. The van der Waals surface area contributed by atoms with Crippen LogP contribution in [-0.4, -0.2) is 5.60 Å². The maximum absolute atomic E-state index is 5.38. The molecule has 11 heavy (non-hydrogen) atoms. The van der Waals surface area contributed by atoms with Crippen molar-refractivity contribution in [1.82, 2.24) is 0 Å². The first-order chi connectivity index (χ1) is 5.30. The Morgan fingerprint density at radius 3 is 2.64 bits per heavy atom. The lowest BCUT2D eigenvalue weighted by Gasteiger charge is -2.34. The number of thiol groups is 1. The SMILES string of the molecule is CCC1(OS)CC2CCC1C2. The highest BCUT2D eigenvalue weighted by Gasteiger charge is 2.50. The van der Waals surface area contributed by atoms with Gasteiger partial charge in [-0.15, -0.1) is 0 Å². The molecule has 0 N–H and O–H groups in total. The normalized spacial score (nSPS) is 48.5. The Kier molecular flexibility index (Phi) is 1.92. The van der Waals surface area contributed by atoms with Crippen molar-refractivity contribution in [1.29, 1.82) is 0 Å². The zero-order valence-electron chi connectivity index (χ0n) is 7.05. The third-order valence-electron chi connectivity index (χ3n) is 3.70. The Morgan fingerprint density at radius 2 is 2.36 bits per heavy atom. The third kappa shape index (κ3) is 1.03. The van der Waals surface area contributed by atoms with Crippen molar-refractivity contribution in [3.05, 3.63) is 0 Å². The smallest absolute Gasteiger partial charge is 0.0853 e. The molecule has 2 aliphatic rings. The molecule has 0 aromatic carbocycles. The van der Waals surface area contributed by atoms with Crippen LogP contribution in [0.1, 0.15) is 39.0 Å². The van der Waals surface area contributed by atoms with Crippen LogP contribution in [0.15, 0.2) is 0 Å². The summed E-state index contributed by atoms with van der Waals surface area (Å²) in [5, 5.41) is 0. The first-order valence-corrected chi connectivity index (χ1v) is 5.00. The summed E-state index contributed by atoms with van der Waals surface area (Å²) in [5.41, 5.74) is 0.159. The van der Waals surface area contributed by atoms with E-state index in [1.165, 1.54) is 25.7 Å². The van der Waals surface area contributed by atoms with Crippen molar-refractivity contribution in [2.75, 3.05) is 0 Å². The molecular formula is C9H16OS. The number of rotatable bonds is 2. The maximum Gasteiger partial charge on any atom is 0.0853 e. The molecular weight excluding hydrogens is 156 g/mol. The van der Waals surface area contributed by atoms with Crippen LogP contribution >= 0.6 is 12.9 Å². The second-order valence-electron chi connectivity index (χ2n) is 4.09. The van der Waals surface area contributed by atoms with Gasteiger partial charge in [0.1, 0.15) is 0 Å². The third-order valence-corrected chi connectivity index (χ3v) is 4.06. The molecule has 2 saturated carbocycles. The average Bonchev–Trinajstić information content (AvgIpc) is 2.62. The van der Waals surface area contributed by atoms with Gasteiger partial charge in [0, 0.05) is 0 Å².